The van der Waals surface area contributed by atoms with Crippen LogP contribution in [0.4, 0.5) is 16.2 Å². The van der Waals surface area contributed by atoms with Crippen LogP contribution >= 0.6 is 0 Å². The number of likely N-dealkylation sites (tertiary alicyclic amines) is 1. The zero-order chi connectivity index (χ0) is 21.8. The number of carbonyl (C=O) groups is 1. The molecule has 31 heavy (non-hydrogen) atoms. The van der Waals surface area contributed by atoms with Gasteiger partial charge in [0.05, 0.1) is 6.61 Å². The normalized spacial score (nSPS) is 18.4. The molecule has 0 spiro atoms. The van der Waals surface area contributed by atoms with Gasteiger partial charge < -0.3 is 19.9 Å². The lowest BCUT2D eigenvalue weighted by molar-refractivity contribution is 0.0983. The molecule has 4 rings (SSSR count). The molecule has 2 aromatic rings. The summed E-state index contributed by atoms with van der Waals surface area (Å²) in [6.07, 6.45) is 1.16. The van der Waals surface area contributed by atoms with Gasteiger partial charge in [0.15, 0.2) is 0 Å². The van der Waals surface area contributed by atoms with Crippen LogP contribution in [0.25, 0.3) is 0 Å². The Labute approximate surface area is 182 Å². The van der Waals surface area contributed by atoms with Gasteiger partial charge in [0, 0.05) is 51.9 Å². The molecule has 2 fully saturated rings. The Kier molecular flexibility index (Phi) is 6.56. The van der Waals surface area contributed by atoms with E-state index >= 15 is 0 Å². The van der Waals surface area contributed by atoms with Crippen LogP contribution in [-0.4, -0.2) is 67.8 Å². The summed E-state index contributed by atoms with van der Waals surface area (Å²) in [4.78, 5) is 42.5. The van der Waals surface area contributed by atoms with Crippen molar-refractivity contribution >= 4 is 17.5 Å². The van der Waals surface area contributed by atoms with E-state index < -0.39 is 5.43 Å². The number of hydrogen-bond donors (Lipinski definition) is 1. The Balaban J connectivity index is 1.32. The quantitative estimate of drug-likeness (QED) is 0.703. The van der Waals surface area contributed by atoms with Gasteiger partial charge >= 0.3 is 6.09 Å². The Bertz CT molecular complexity index is 954. The Hall–Kier alpha value is -2.87. The van der Waals surface area contributed by atoms with Crippen molar-refractivity contribution in [1.82, 2.24) is 9.80 Å². The topological polar surface area (TPSA) is 82.2 Å². The number of piperazine rings is 1. The highest BCUT2D eigenvalue weighted by Crippen LogP contribution is 2.25. The summed E-state index contributed by atoms with van der Waals surface area (Å²) < 4.78 is 5.05. The highest BCUT2D eigenvalue weighted by Gasteiger charge is 2.31. The fraction of sp³-hybridized carbons (Fsp3) is 0.522. The van der Waals surface area contributed by atoms with Crippen molar-refractivity contribution in [3.63, 3.8) is 0 Å². The van der Waals surface area contributed by atoms with Crippen LogP contribution in [0.15, 0.2) is 39.9 Å². The zero-order valence-corrected chi connectivity index (χ0v) is 18.0. The van der Waals surface area contributed by atoms with Crippen molar-refractivity contribution in [3.8, 4) is 0 Å². The third-order valence-electron chi connectivity index (χ3n) is 6.19. The lowest BCUT2D eigenvalue weighted by Gasteiger charge is -2.38. The second-order valence-corrected chi connectivity index (χ2v) is 8.24. The molecule has 2 aliphatic rings. The highest BCUT2D eigenvalue weighted by molar-refractivity contribution is 5.75. The van der Waals surface area contributed by atoms with Crippen LogP contribution in [0.2, 0.25) is 0 Å². The Morgan fingerprint density at radius 2 is 1.68 bits per heavy atom. The van der Waals surface area contributed by atoms with Gasteiger partial charge in [-0.05, 0) is 25.3 Å². The van der Waals surface area contributed by atoms with Crippen LogP contribution < -0.4 is 21.1 Å². The molecular weight excluding hydrogens is 396 g/mol. The first kappa shape index (κ1) is 21.4. The third kappa shape index (κ3) is 4.74. The molecule has 2 saturated heterocycles. The number of carbonyl (C=O) groups excluding carboxylic acids is 1. The van der Waals surface area contributed by atoms with Crippen molar-refractivity contribution in [3.05, 3.63) is 56.3 Å². The second-order valence-electron chi connectivity index (χ2n) is 8.24. The molecule has 0 unspecified atom stereocenters. The van der Waals surface area contributed by atoms with Gasteiger partial charge in [0.1, 0.15) is 11.4 Å². The number of hydrogen-bond acceptors (Lipinski definition) is 7. The average molecular weight is 427 g/mol. The first-order valence-electron chi connectivity index (χ1n) is 11.1. The maximum Gasteiger partial charge on any atom is 0.409 e. The second kappa shape index (κ2) is 9.51. The van der Waals surface area contributed by atoms with Crippen molar-refractivity contribution < 1.29 is 9.53 Å². The van der Waals surface area contributed by atoms with Gasteiger partial charge in [-0.25, -0.2) is 4.79 Å². The molecule has 0 aliphatic carbocycles. The number of nitrogens with zero attached hydrogens (tertiary/aromatic N) is 3. The number of rotatable bonds is 6. The molecule has 166 valence electrons. The standard InChI is InChI=1S/C23H30N4O4/c1-2-31-23(30)27-10-8-18(9-11-27)24-19-20(22(29)21(19)28)26-14-12-25(13-15-26)16-17-6-4-3-5-7-17/h3-7,18,24H,2,8-16H2,1H3. The summed E-state index contributed by atoms with van der Waals surface area (Å²) in [6.45, 7) is 7.38. The van der Waals surface area contributed by atoms with Crippen molar-refractivity contribution in [1.29, 1.82) is 0 Å². The number of nitrogens with one attached hydrogen (secondary N) is 1. The zero-order valence-electron chi connectivity index (χ0n) is 18.0. The van der Waals surface area contributed by atoms with E-state index in [1.54, 1.807) is 11.8 Å². The molecule has 0 radical (unpaired) electrons. The maximum atomic E-state index is 12.3. The largest absolute Gasteiger partial charge is 0.450 e. The smallest absolute Gasteiger partial charge is 0.409 e. The Morgan fingerprint density at radius 1 is 1.00 bits per heavy atom. The molecule has 2 aliphatic heterocycles. The minimum atomic E-state index is -0.422. The van der Waals surface area contributed by atoms with E-state index in [1.165, 1.54) is 5.56 Å². The van der Waals surface area contributed by atoms with E-state index in [9.17, 15) is 14.4 Å². The fourth-order valence-electron chi connectivity index (χ4n) is 4.41. The average Bonchev–Trinajstić information content (AvgIpc) is 2.81. The number of amides is 1. The molecule has 0 aromatic heterocycles. The summed E-state index contributed by atoms with van der Waals surface area (Å²) in [7, 11) is 0. The van der Waals surface area contributed by atoms with Gasteiger partial charge in [0.25, 0.3) is 10.9 Å². The molecule has 2 heterocycles. The van der Waals surface area contributed by atoms with Gasteiger partial charge in [-0.15, -0.1) is 0 Å². The first-order valence-corrected chi connectivity index (χ1v) is 11.1. The monoisotopic (exact) mass is 426 g/mol. The van der Waals surface area contributed by atoms with Crippen molar-refractivity contribution in [2.75, 3.05) is 56.1 Å². The van der Waals surface area contributed by atoms with Gasteiger partial charge in [-0.1, -0.05) is 30.3 Å². The Morgan fingerprint density at radius 3 is 2.32 bits per heavy atom. The van der Waals surface area contributed by atoms with Crippen LogP contribution in [0.3, 0.4) is 0 Å². The molecular formula is C23H30N4O4. The van der Waals surface area contributed by atoms with Crippen molar-refractivity contribution in [2.24, 2.45) is 0 Å². The summed E-state index contributed by atoms with van der Waals surface area (Å²) in [6, 6.07) is 10.4. The molecule has 0 atom stereocenters. The number of piperidine rings is 1. The van der Waals surface area contributed by atoms with Crippen molar-refractivity contribution in [2.45, 2.75) is 32.4 Å². The van der Waals surface area contributed by atoms with E-state index in [-0.39, 0.29) is 17.6 Å². The minimum Gasteiger partial charge on any atom is -0.450 e. The minimum absolute atomic E-state index is 0.0760. The van der Waals surface area contributed by atoms with Gasteiger partial charge in [-0.2, -0.15) is 0 Å². The summed E-state index contributed by atoms with van der Waals surface area (Å²) in [5.41, 5.74) is 1.47. The molecule has 1 amide bonds. The molecule has 8 nitrogen and oxygen atoms in total. The molecule has 0 saturated carbocycles. The molecule has 2 aromatic carbocycles. The third-order valence-corrected chi connectivity index (χ3v) is 6.19. The first-order chi connectivity index (χ1) is 15.1. The SMILES string of the molecule is CCOC(=O)N1CCC(Nc2c(N3CCN(Cc4ccccc4)CC3)c(=O)c2=O)CC1. The lowest BCUT2D eigenvalue weighted by atomic mass is 10.0. The molecule has 8 heteroatoms. The summed E-state index contributed by atoms with van der Waals surface area (Å²) in [5, 5.41) is 3.30. The van der Waals surface area contributed by atoms with Gasteiger partial charge in [-0.3, -0.25) is 14.5 Å². The lowest BCUT2D eigenvalue weighted by Crippen LogP contribution is -2.52. The van der Waals surface area contributed by atoms with E-state index in [2.05, 4.69) is 22.3 Å². The van der Waals surface area contributed by atoms with E-state index in [0.29, 0.717) is 31.1 Å². The van der Waals surface area contributed by atoms with Crippen LogP contribution in [0, 0.1) is 0 Å². The highest BCUT2D eigenvalue weighted by atomic mass is 16.6. The van der Waals surface area contributed by atoms with Gasteiger partial charge in [0.2, 0.25) is 0 Å². The number of benzene rings is 1. The number of ether oxygens (including phenoxy) is 1. The maximum absolute atomic E-state index is 12.3. The van der Waals surface area contributed by atoms with Crippen LogP contribution in [0.5, 0.6) is 0 Å². The van der Waals surface area contributed by atoms with E-state index in [4.69, 9.17) is 4.74 Å². The predicted octanol–water partition coefficient (Wildman–Crippen LogP) is 1.64. The molecule has 0 bridgehead atoms. The fourth-order valence-corrected chi connectivity index (χ4v) is 4.41. The predicted molar refractivity (Wildman–Crippen MR) is 121 cm³/mol. The van der Waals surface area contributed by atoms with Crippen LogP contribution in [-0.2, 0) is 11.3 Å². The number of anilines is 2. The summed E-state index contributed by atoms with van der Waals surface area (Å²) in [5.74, 6) is 0. The van der Waals surface area contributed by atoms with Crippen LogP contribution in [0.1, 0.15) is 25.3 Å². The van der Waals surface area contributed by atoms with E-state index in [0.717, 1.165) is 45.6 Å². The molecule has 1 N–H and O–H groups in total. The summed E-state index contributed by atoms with van der Waals surface area (Å²) >= 11 is 0. The van der Waals surface area contributed by atoms with E-state index in [1.807, 2.05) is 23.1 Å².